The van der Waals surface area contributed by atoms with Gasteiger partial charge < -0.3 is 15.5 Å². The molecule has 0 radical (unpaired) electrons. The topological polar surface area (TPSA) is 52.5 Å². The van der Waals surface area contributed by atoms with Crippen LogP contribution >= 0.6 is 0 Å². The van der Waals surface area contributed by atoms with Crippen LogP contribution in [0.3, 0.4) is 0 Å². The molecule has 0 bridgehead atoms. The van der Waals surface area contributed by atoms with E-state index < -0.39 is 6.10 Å². The van der Waals surface area contributed by atoms with Gasteiger partial charge in [0.25, 0.3) is 0 Å². The Hall–Kier alpha value is -0.900. The maximum Gasteiger partial charge on any atom is 0.0894 e. The van der Waals surface area contributed by atoms with Crippen molar-refractivity contribution in [2.75, 3.05) is 19.7 Å². The first-order chi connectivity index (χ1) is 8.31. The van der Waals surface area contributed by atoms with Gasteiger partial charge >= 0.3 is 0 Å². The zero-order valence-corrected chi connectivity index (χ0v) is 10.1. The van der Waals surface area contributed by atoms with Gasteiger partial charge in [0.1, 0.15) is 0 Å². The average molecular weight is 235 g/mol. The lowest BCUT2D eigenvalue weighted by Crippen LogP contribution is -2.33. The summed E-state index contributed by atoms with van der Waals surface area (Å²) < 4.78 is 0. The van der Waals surface area contributed by atoms with Crippen molar-refractivity contribution >= 4 is 0 Å². The lowest BCUT2D eigenvalue weighted by atomic mass is 9.83. The van der Waals surface area contributed by atoms with Crippen molar-refractivity contribution in [3.05, 3.63) is 35.4 Å². The van der Waals surface area contributed by atoms with Crippen molar-refractivity contribution in [2.24, 2.45) is 0 Å². The largest absolute Gasteiger partial charge is 0.394 e. The molecule has 3 heteroatoms. The van der Waals surface area contributed by atoms with E-state index in [-0.39, 0.29) is 6.61 Å². The number of nitrogens with one attached hydrogen (secondary N) is 1. The Morgan fingerprint density at radius 1 is 1.35 bits per heavy atom. The average Bonchev–Trinajstić information content (AvgIpc) is 2.39. The van der Waals surface area contributed by atoms with Crippen LogP contribution < -0.4 is 5.32 Å². The van der Waals surface area contributed by atoms with Crippen molar-refractivity contribution in [3.63, 3.8) is 0 Å². The smallest absolute Gasteiger partial charge is 0.0894 e. The first kappa shape index (κ1) is 12.6. The molecule has 3 nitrogen and oxygen atoms in total. The number of hydrogen-bond acceptors (Lipinski definition) is 3. The summed E-state index contributed by atoms with van der Waals surface area (Å²) in [7, 11) is 0. The third-order valence-electron chi connectivity index (χ3n) is 3.48. The van der Waals surface area contributed by atoms with E-state index in [0.717, 1.165) is 6.54 Å². The van der Waals surface area contributed by atoms with Crippen LogP contribution in [0.1, 0.15) is 29.9 Å². The van der Waals surface area contributed by atoms with E-state index in [0.29, 0.717) is 12.5 Å². The van der Waals surface area contributed by atoms with Gasteiger partial charge in [0, 0.05) is 13.1 Å². The maximum atomic E-state index is 9.27. The van der Waals surface area contributed by atoms with Crippen molar-refractivity contribution in [2.45, 2.75) is 31.3 Å². The van der Waals surface area contributed by atoms with Crippen LogP contribution in [0.15, 0.2) is 24.3 Å². The minimum Gasteiger partial charge on any atom is -0.394 e. The number of benzene rings is 1. The summed E-state index contributed by atoms with van der Waals surface area (Å²) in [5.74, 6) is 0.547. The molecule has 0 heterocycles. The second-order valence-electron chi connectivity index (χ2n) is 4.78. The molecule has 1 aromatic carbocycles. The van der Waals surface area contributed by atoms with Gasteiger partial charge in [0.05, 0.1) is 12.7 Å². The number of aliphatic hydroxyl groups is 2. The zero-order valence-electron chi connectivity index (χ0n) is 10.1. The Labute approximate surface area is 102 Å². The molecule has 0 amide bonds. The van der Waals surface area contributed by atoms with Gasteiger partial charge in [-0.3, -0.25) is 0 Å². The molecule has 0 saturated carbocycles. The molecule has 2 atom stereocenters. The maximum absolute atomic E-state index is 9.27. The lowest BCUT2D eigenvalue weighted by molar-refractivity contribution is 0.0941. The lowest BCUT2D eigenvalue weighted by Gasteiger charge is -2.26. The standard InChI is InChI=1S/C14H21NO2/c16-10-13(17)9-15-8-12-6-3-5-11-4-1-2-7-14(11)12/h1-2,4,7,12-13,15-17H,3,5-6,8-10H2. The Morgan fingerprint density at radius 3 is 3.00 bits per heavy atom. The first-order valence-corrected chi connectivity index (χ1v) is 6.38. The zero-order chi connectivity index (χ0) is 12.1. The first-order valence-electron chi connectivity index (χ1n) is 6.38. The number of aryl methyl sites for hydroxylation is 1. The molecule has 94 valence electrons. The minimum absolute atomic E-state index is 0.172. The van der Waals surface area contributed by atoms with Crippen molar-refractivity contribution in [1.82, 2.24) is 5.32 Å². The molecule has 17 heavy (non-hydrogen) atoms. The third kappa shape index (κ3) is 3.28. The van der Waals surface area contributed by atoms with Crippen LogP contribution in [-0.4, -0.2) is 36.0 Å². The van der Waals surface area contributed by atoms with E-state index in [2.05, 4.69) is 29.6 Å². The predicted molar refractivity (Wildman–Crippen MR) is 68.1 cm³/mol. The molecule has 1 aliphatic carbocycles. The molecule has 0 saturated heterocycles. The van der Waals surface area contributed by atoms with Gasteiger partial charge in [-0.15, -0.1) is 0 Å². The summed E-state index contributed by atoms with van der Waals surface area (Å²) >= 11 is 0. The number of rotatable bonds is 5. The highest BCUT2D eigenvalue weighted by molar-refractivity contribution is 5.32. The highest BCUT2D eigenvalue weighted by atomic mass is 16.3. The van der Waals surface area contributed by atoms with Crippen LogP contribution in [0.4, 0.5) is 0 Å². The van der Waals surface area contributed by atoms with Gasteiger partial charge in [0.15, 0.2) is 0 Å². The second-order valence-corrected chi connectivity index (χ2v) is 4.78. The van der Waals surface area contributed by atoms with E-state index in [1.807, 2.05) is 0 Å². The van der Waals surface area contributed by atoms with Crippen LogP contribution in [-0.2, 0) is 6.42 Å². The Morgan fingerprint density at radius 2 is 2.18 bits per heavy atom. The molecule has 0 spiro atoms. The normalized spacial score (nSPS) is 20.9. The summed E-state index contributed by atoms with van der Waals surface area (Å²) in [6.45, 7) is 1.18. The Balaban J connectivity index is 1.90. The molecule has 0 fully saturated rings. The highest BCUT2D eigenvalue weighted by Crippen LogP contribution is 2.30. The van der Waals surface area contributed by atoms with Crippen molar-refractivity contribution in [3.8, 4) is 0 Å². The quantitative estimate of drug-likeness (QED) is 0.715. The molecule has 2 rings (SSSR count). The Bertz CT molecular complexity index is 354. The molecule has 3 N–H and O–H groups in total. The molecular weight excluding hydrogens is 214 g/mol. The number of hydrogen-bond donors (Lipinski definition) is 3. The number of fused-ring (bicyclic) bond motifs is 1. The van der Waals surface area contributed by atoms with E-state index in [1.165, 1.54) is 30.4 Å². The van der Waals surface area contributed by atoms with Crippen molar-refractivity contribution < 1.29 is 10.2 Å². The SMILES string of the molecule is OCC(O)CNCC1CCCc2ccccc21. The fraction of sp³-hybridized carbons (Fsp3) is 0.571. The third-order valence-corrected chi connectivity index (χ3v) is 3.48. The van der Waals surface area contributed by atoms with Gasteiger partial charge in [0.2, 0.25) is 0 Å². The molecule has 0 aromatic heterocycles. The van der Waals surface area contributed by atoms with Gasteiger partial charge in [-0.2, -0.15) is 0 Å². The summed E-state index contributed by atoms with van der Waals surface area (Å²) in [6, 6.07) is 8.62. The summed E-state index contributed by atoms with van der Waals surface area (Å²) in [5, 5.41) is 21.2. The van der Waals surface area contributed by atoms with E-state index >= 15 is 0 Å². The van der Waals surface area contributed by atoms with Crippen LogP contribution in [0, 0.1) is 0 Å². The van der Waals surface area contributed by atoms with E-state index in [1.54, 1.807) is 0 Å². The second kappa shape index (κ2) is 6.15. The highest BCUT2D eigenvalue weighted by Gasteiger charge is 2.19. The Kier molecular flexibility index (Phi) is 4.54. The van der Waals surface area contributed by atoms with E-state index in [4.69, 9.17) is 5.11 Å². The van der Waals surface area contributed by atoms with Crippen LogP contribution in [0.2, 0.25) is 0 Å². The molecule has 2 unspecified atom stereocenters. The monoisotopic (exact) mass is 235 g/mol. The fourth-order valence-corrected chi connectivity index (χ4v) is 2.56. The summed E-state index contributed by atoms with van der Waals surface area (Å²) in [4.78, 5) is 0. The van der Waals surface area contributed by atoms with E-state index in [9.17, 15) is 5.11 Å². The fourth-order valence-electron chi connectivity index (χ4n) is 2.56. The molecule has 0 aliphatic heterocycles. The van der Waals surface area contributed by atoms with Crippen LogP contribution in [0.25, 0.3) is 0 Å². The van der Waals surface area contributed by atoms with Gasteiger partial charge in [-0.25, -0.2) is 0 Å². The number of aliphatic hydroxyl groups excluding tert-OH is 2. The van der Waals surface area contributed by atoms with Gasteiger partial charge in [-0.1, -0.05) is 24.3 Å². The van der Waals surface area contributed by atoms with Gasteiger partial charge in [-0.05, 0) is 36.3 Å². The minimum atomic E-state index is -0.645. The molecule has 1 aromatic rings. The molecule has 1 aliphatic rings. The predicted octanol–water partition coefficient (Wildman–Crippen LogP) is 1.05. The summed E-state index contributed by atoms with van der Waals surface area (Å²) in [5.41, 5.74) is 2.91. The molecular formula is C14H21NO2. The van der Waals surface area contributed by atoms with Crippen molar-refractivity contribution in [1.29, 1.82) is 0 Å². The summed E-state index contributed by atoms with van der Waals surface area (Å²) in [6.07, 6.45) is 2.99. The van der Waals surface area contributed by atoms with Crippen LogP contribution in [0.5, 0.6) is 0 Å².